The van der Waals surface area contributed by atoms with Crippen LogP contribution in [0.25, 0.3) is 22.3 Å². The van der Waals surface area contributed by atoms with Crippen molar-refractivity contribution in [3.63, 3.8) is 0 Å². The average molecular weight is 361 g/mol. The number of rotatable bonds is 3. The summed E-state index contributed by atoms with van der Waals surface area (Å²) in [4.78, 5) is 12.7. The molecule has 0 radical (unpaired) electrons. The Morgan fingerprint density at radius 1 is 1.17 bits per heavy atom. The molecule has 0 aliphatic heterocycles. The van der Waals surface area contributed by atoms with Gasteiger partial charge in [0, 0.05) is 22.4 Å². The normalized spacial score (nSPS) is 10.4. The van der Waals surface area contributed by atoms with Crippen LogP contribution >= 0.6 is 24.2 Å². The van der Waals surface area contributed by atoms with Gasteiger partial charge in [0.2, 0.25) is 0 Å². The standard InChI is InChI=1S/C18H16N2O2S.ClH/c1-11-15(21)14-9-5-8-13(10-23-18(19)20)17(14)22-16(11)12-6-3-2-4-7-12;/h2-9H,10H2,1H3,(H3,19,20);1H. The fourth-order valence-corrected chi connectivity index (χ4v) is 3.04. The second-order valence-electron chi connectivity index (χ2n) is 5.20. The lowest BCUT2D eigenvalue weighted by Crippen LogP contribution is -2.08. The van der Waals surface area contributed by atoms with Gasteiger partial charge in [-0.1, -0.05) is 54.2 Å². The van der Waals surface area contributed by atoms with Crippen molar-refractivity contribution in [1.82, 2.24) is 0 Å². The third-order valence-corrected chi connectivity index (χ3v) is 4.41. The van der Waals surface area contributed by atoms with Gasteiger partial charge >= 0.3 is 0 Å². The molecule has 3 N–H and O–H groups in total. The van der Waals surface area contributed by atoms with Crippen LogP contribution in [-0.2, 0) is 5.75 Å². The van der Waals surface area contributed by atoms with Crippen LogP contribution in [0.3, 0.4) is 0 Å². The maximum atomic E-state index is 12.7. The fraction of sp³-hybridized carbons (Fsp3) is 0.111. The third-order valence-electron chi connectivity index (χ3n) is 3.65. The van der Waals surface area contributed by atoms with E-state index in [0.717, 1.165) is 11.1 Å². The summed E-state index contributed by atoms with van der Waals surface area (Å²) >= 11 is 1.21. The minimum Gasteiger partial charge on any atom is -0.455 e. The first-order chi connectivity index (χ1) is 11.1. The highest BCUT2D eigenvalue weighted by molar-refractivity contribution is 8.13. The summed E-state index contributed by atoms with van der Waals surface area (Å²) in [6.45, 7) is 1.78. The highest BCUT2D eigenvalue weighted by atomic mass is 35.5. The number of nitrogens with one attached hydrogen (secondary N) is 1. The number of hydrogen-bond donors (Lipinski definition) is 2. The van der Waals surface area contributed by atoms with E-state index in [2.05, 4.69) is 0 Å². The molecule has 4 nitrogen and oxygen atoms in total. The zero-order chi connectivity index (χ0) is 16.4. The highest BCUT2D eigenvalue weighted by Crippen LogP contribution is 2.28. The second-order valence-corrected chi connectivity index (χ2v) is 6.22. The first-order valence-electron chi connectivity index (χ1n) is 7.15. The number of amidine groups is 1. The van der Waals surface area contributed by atoms with Gasteiger partial charge in [-0.05, 0) is 13.0 Å². The molecule has 2 aromatic carbocycles. The Morgan fingerprint density at radius 2 is 1.88 bits per heavy atom. The first-order valence-corrected chi connectivity index (χ1v) is 8.14. The fourth-order valence-electron chi connectivity index (χ4n) is 2.50. The van der Waals surface area contributed by atoms with Crippen molar-refractivity contribution < 1.29 is 4.42 Å². The summed E-state index contributed by atoms with van der Waals surface area (Å²) in [5, 5.41) is 7.95. The van der Waals surface area contributed by atoms with Gasteiger partial charge in [-0.15, -0.1) is 12.4 Å². The number of para-hydroxylation sites is 1. The molecule has 124 valence electrons. The number of halogens is 1. The molecule has 3 rings (SSSR count). The zero-order valence-corrected chi connectivity index (χ0v) is 14.7. The van der Waals surface area contributed by atoms with E-state index >= 15 is 0 Å². The van der Waals surface area contributed by atoms with Gasteiger partial charge in [-0.2, -0.15) is 0 Å². The van der Waals surface area contributed by atoms with Gasteiger partial charge in [-0.25, -0.2) is 0 Å². The molecule has 0 saturated heterocycles. The molecule has 1 aromatic heterocycles. The third kappa shape index (κ3) is 3.47. The van der Waals surface area contributed by atoms with Crippen molar-refractivity contribution in [2.45, 2.75) is 12.7 Å². The second kappa shape index (κ2) is 7.55. The minimum atomic E-state index is -0.0280. The van der Waals surface area contributed by atoms with Crippen LogP contribution in [0.1, 0.15) is 11.1 Å². The van der Waals surface area contributed by atoms with Gasteiger partial charge < -0.3 is 10.2 Å². The predicted octanol–water partition coefficient (Wildman–Crippen LogP) is 4.32. The minimum absolute atomic E-state index is 0. The Hall–Kier alpha value is -2.24. The van der Waals surface area contributed by atoms with Crippen molar-refractivity contribution in [3.05, 3.63) is 69.9 Å². The van der Waals surface area contributed by atoms with Crippen LogP contribution in [0.15, 0.2) is 57.7 Å². The van der Waals surface area contributed by atoms with E-state index in [4.69, 9.17) is 15.6 Å². The molecule has 0 saturated carbocycles. The average Bonchev–Trinajstić information content (AvgIpc) is 2.57. The van der Waals surface area contributed by atoms with Crippen LogP contribution in [0.2, 0.25) is 0 Å². The summed E-state index contributed by atoms with van der Waals surface area (Å²) in [5.41, 5.74) is 8.28. The number of fused-ring (bicyclic) bond motifs is 1. The number of thioether (sulfide) groups is 1. The van der Waals surface area contributed by atoms with Gasteiger partial charge in [-0.3, -0.25) is 10.2 Å². The van der Waals surface area contributed by atoms with Crippen LogP contribution in [-0.4, -0.2) is 5.17 Å². The molecule has 0 bridgehead atoms. The Kier molecular flexibility index (Phi) is 5.70. The van der Waals surface area contributed by atoms with Crippen LogP contribution in [0.4, 0.5) is 0 Å². The lowest BCUT2D eigenvalue weighted by atomic mass is 10.0. The Morgan fingerprint density at radius 3 is 2.54 bits per heavy atom. The molecule has 0 fully saturated rings. The van der Waals surface area contributed by atoms with Crippen LogP contribution in [0, 0.1) is 12.3 Å². The number of nitrogens with two attached hydrogens (primary N) is 1. The van der Waals surface area contributed by atoms with Crippen molar-refractivity contribution in [3.8, 4) is 11.3 Å². The molecular weight excluding hydrogens is 344 g/mol. The van der Waals surface area contributed by atoms with Crippen molar-refractivity contribution in [2.75, 3.05) is 0 Å². The van der Waals surface area contributed by atoms with Crippen molar-refractivity contribution in [2.24, 2.45) is 5.73 Å². The highest BCUT2D eigenvalue weighted by Gasteiger charge is 2.14. The van der Waals surface area contributed by atoms with E-state index in [0.29, 0.717) is 28.0 Å². The molecule has 0 unspecified atom stereocenters. The summed E-state index contributed by atoms with van der Waals surface area (Å²) in [5.74, 6) is 1.08. The Bertz CT molecular complexity index is 939. The van der Waals surface area contributed by atoms with E-state index in [1.165, 1.54) is 11.8 Å². The monoisotopic (exact) mass is 360 g/mol. The van der Waals surface area contributed by atoms with Gasteiger partial charge in [0.15, 0.2) is 10.6 Å². The smallest absolute Gasteiger partial charge is 0.196 e. The van der Waals surface area contributed by atoms with Gasteiger partial charge in [0.1, 0.15) is 11.3 Å². The molecule has 3 aromatic rings. The topological polar surface area (TPSA) is 80.1 Å². The van der Waals surface area contributed by atoms with Gasteiger partial charge in [0.05, 0.1) is 5.39 Å². The molecule has 6 heteroatoms. The lowest BCUT2D eigenvalue weighted by molar-refractivity contribution is 0.611. The number of hydrogen-bond acceptors (Lipinski definition) is 4. The SMILES string of the molecule is Cc1c(-c2ccccc2)oc2c(CSC(=N)N)cccc2c1=O.Cl. The molecule has 0 atom stereocenters. The zero-order valence-electron chi connectivity index (χ0n) is 13.0. The van der Waals surface area contributed by atoms with E-state index in [9.17, 15) is 4.79 Å². The molecule has 0 spiro atoms. The predicted molar refractivity (Wildman–Crippen MR) is 103 cm³/mol. The quantitative estimate of drug-likeness (QED) is 0.538. The van der Waals surface area contributed by atoms with Gasteiger partial charge in [0.25, 0.3) is 0 Å². The molecule has 0 amide bonds. The molecule has 0 aliphatic rings. The molecular formula is C18H17ClN2O2S. The maximum absolute atomic E-state index is 12.7. The summed E-state index contributed by atoms with van der Waals surface area (Å²) in [6, 6.07) is 15.1. The van der Waals surface area contributed by atoms with E-state index in [1.807, 2.05) is 42.5 Å². The van der Waals surface area contributed by atoms with Crippen LogP contribution in [0.5, 0.6) is 0 Å². The molecule has 0 aliphatic carbocycles. The summed E-state index contributed by atoms with van der Waals surface area (Å²) < 4.78 is 6.10. The van der Waals surface area contributed by atoms with Crippen LogP contribution < -0.4 is 11.2 Å². The van der Waals surface area contributed by atoms with E-state index in [1.54, 1.807) is 13.0 Å². The number of benzene rings is 2. The first kappa shape index (κ1) is 18.1. The molecule has 24 heavy (non-hydrogen) atoms. The Balaban J connectivity index is 0.00000208. The van der Waals surface area contributed by atoms with E-state index < -0.39 is 0 Å². The Labute approximate surface area is 150 Å². The molecule has 1 heterocycles. The summed E-state index contributed by atoms with van der Waals surface area (Å²) in [6.07, 6.45) is 0. The van der Waals surface area contributed by atoms with E-state index in [-0.39, 0.29) is 23.0 Å². The lowest BCUT2D eigenvalue weighted by Gasteiger charge is -2.10. The van der Waals surface area contributed by atoms with Crippen molar-refractivity contribution >= 4 is 40.3 Å². The largest absolute Gasteiger partial charge is 0.455 e. The summed E-state index contributed by atoms with van der Waals surface area (Å²) in [7, 11) is 0. The maximum Gasteiger partial charge on any atom is 0.196 e. The van der Waals surface area contributed by atoms with Crippen molar-refractivity contribution in [1.29, 1.82) is 5.41 Å².